The molecule has 1 aromatic heterocycles. The molecule has 0 fully saturated rings. The first-order valence-electron chi connectivity index (χ1n) is 5.07. The van der Waals surface area contributed by atoms with E-state index in [1.807, 2.05) is 12.1 Å². The lowest BCUT2D eigenvalue weighted by Gasteiger charge is -2.06. The van der Waals surface area contributed by atoms with Crippen LogP contribution in [0.5, 0.6) is 5.75 Å². The van der Waals surface area contributed by atoms with Gasteiger partial charge in [-0.05, 0) is 23.8 Å². The number of nitriles is 1. The van der Waals surface area contributed by atoms with Crippen LogP contribution in [-0.2, 0) is 6.54 Å². The largest absolute Gasteiger partial charge is 0.508 e. The van der Waals surface area contributed by atoms with Gasteiger partial charge in [-0.2, -0.15) is 5.26 Å². The molecule has 0 aliphatic heterocycles. The highest BCUT2D eigenvalue weighted by Gasteiger charge is 2.00. The van der Waals surface area contributed by atoms with Gasteiger partial charge in [-0.25, -0.2) is 0 Å². The summed E-state index contributed by atoms with van der Waals surface area (Å²) in [4.78, 5) is 11.6. The van der Waals surface area contributed by atoms with Gasteiger partial charge in [0.1, 0.15) is 11.8 Å². The Hall–Kier alpha value is -2.54. The molecule has 0 unspecified atom stereocenters. The SMILES string of the molecule is N#Cc1ccc(=O)n(Cc2cccc(O)c2)c1. The van der Waals surface area contributed by atoms with Crippen molar-refractivity contribution in [3.8, 4) is 11.8 Å². The van der Waals surface area contributed by atoms with Crippen molar-refractivity contribution < 1.29 is 5.11 Å². The second-order valence-corrected chi connectivity index (χ2v) is 3.67. The van der Waals surface area contributed by atoms with Crippen LogP contribution in [0.1, 0.15) is 11.1 Å². The number of benzene rings is 1. The maximum atomic E-state index is 11.6. The van der Waals surface area contributed by atoms with E-state index in [9.17, 15) is 9.90 Å². The molecule has 0 aliphatic carbocycles. The molecule has 0 bridgehead atoms. The molecule has 2 rings (SSSR count). The van der Waals surface area contributed by atoms with Gasteiger partial charge in [0.15, 0.2) is 0 Å². The summed E-state index contributed by atoms with van der Waals surface area (Å²) in [6.45, 7) is 0.336. The Balaban J connectivity index is 2.36. The topological polar surface area (TPSA) is 66.0 Å². The van der Waals surface area contributed by atoms with Gasteiger partial charge >= 0.3 is 0 Å². The summed E-state index contributed by atoms with van der Waals surface area (Å²) in [5, 5.41) is 18.1. The number of pyridine rings is 1. The number of aromatic nitrogens is 1. The van der Waals surface area contributed by atoms with Crippen molar-refractivity contribution in [2.75, 3.05) is 0 Å². The Labute approximate surface area is 98.0 Å². The van der Waals surface area contributed by atoms with Gasteiger partial charge in [-0.3, -0.25) is 4.79 Å². The summed E-state index contributed by atoms with van der Waals surface area (Å²) >= 11 is 0. The normalized spacial score (nSPS) is 9.82. The number of hydrogen-bond acceptors (Lipinski definition) is 3. The van der Waals surface area contributed by atoms with Crippen molar-refractivity contribution in [2.45, 2.75) is 6.54 Å². The lowest BCUT2D eigenvalue weighted by molar-refractivity contribution is 0.474. The third-order valence-corrected chi connectivity index (χ3v) is 2.38. The molecule has 17 heavy (non-hydrogen) atoms. The molecule has 1 aromatic carbocycles. The molecule has 0 amide bonds. The highest BCUT2D eigenvalue weighted by Crippen LogP contribution is 2.11. The fraction of sp³-hybridized carbons (Fsp3) is 0.0769. The van der Waals surface area contributed by atoms with E-state index in [0.29, 0.717) is 12.1 Å². The van der Waals surface area contributed by atoms with Crippen LogP contribution in [0.15, 0.2) is 47.4 Å². The number of phenolic OH excluding ortho intramolecular Hbond substituents is 1. The van der Waals surface area contributed by atoms with Gasteiger partial charge in [0, 0.05) is 12.3 Å². The van der Waals surface area contributed by atoms with Gasteiger partial charge in [0.25, 0.3) is 5.56 Å². The van der Waals surface area contributed by atoms with E-state index in [4.69, 9.17) is 5.26 Å². The summed E-state index contributed by atoms with van der Waals surface area (Å²) in [6.07, 6.45) is 1.51. The monoisotopic (exact) mass is 226 g/mol. The minimum Gasteiger partial charge on any atom is -0.508 e. The van der Waals surface area contributed by atoms with Crippen molar-refractivity contribution in [1.29, 1.82) is 5.26 Å². The number of aromatic hydroxyl groups is 1. The molecule has 1 heterocycles. The smallest absolute Gasteiger partial charge is 0.250 e. The van der Waals surface area contributed by atoms with Crippen LogP contribution < -0.4 is 5.56 Å². The molecular formula is C13H10N2O2. The minimum absolute atomic E-state index is 0.159. The van der Waals surface area contributed by atoms with E-state index >= 15 is 0 Å². The summed E-state index contributed by atoms with van der Waals surface area (Å²) in [7, 11) is 0. The molecule has 84 valence electrons. The molecule has 0 aliphatic rings. The van der Waals surface area contributed by atoms with Crippen LogP contribution >= 0.6 is 0 Å². The van der Waals surface area contributed by atoms with Crippen LogP contribution in [0.3, 0.4) is 0 Å². The zero-order chi connectivity index (χ0) is 12.3. The molecule has 0 spiro atoms. The van der Waals surface area contributed by atoms with Gasteiger partial charge < -0.3 is 9.67 Å². The van der Waals surface area contributed by atoms with Crippen molar-refractivity contribution in [3.63, 3.8) is 0 Å². The van der Waals surface area contributed by atoms with Gasteiger partial charge in [0.05, 0.1) is 12.1 Å². The summed E-state index contributed by atoms with van der Waals surface area (Å²) < 4.78 is 1.44. The first-order chi connectivity index (χ1) is 8.19. The molecule has 4 heteroatoms. The maximum Gasteiger partial charge on any atom is 0.250 e. The van der Waals surface area contributed by atoms with Gasteiger partial charge in [-0.15, -0.1) is 0 Å². The highest BCUT2D eigenvalue weighted by atomic mass is 16.3. The minimum atomic E-state index is -0.174. The predicted octanol–water partition coefficient (Wildman–Crippen LogP) is 1.47. The van der Waals surface area contributed by atoms with Gasteiger partial charge in [-0.1, -0.05) is 12.1 Å². The number of phenols is 1. The summed E-state index contributed by atoms with van der Waals surface area (Å²) in [5.41, 5.74) is 1.07. The van der Waals surface area contributed by atoms with Crippen molar-refractivity contribution >= 4 is 0 Å². The second kappa shape index (κ2) is 4.54. The zero-order valence-electron chi connectivity index (χ0n) is 9.00. The predicted molar refractivity (Wildman–Crippen MR) is 62.6 cm³/mol. The van der Waals surface area contributed by atoms with Crippen LogP contribution in [0.25, 0.3) is 0 Å². The molecule has 0 radical (unpaired) electrons. The van der Waals surface area contributed by atoms with Crippen LogP contribution in [0.4, 0.5) is 0 Å². The fourth-order valence-corrected chi connectivity index (χ4v) is 1.57. The first-order valence-corrected chi connectivity index (χ1v) is 5.07. The van der Waals surface area contributed by atoms with Crippen LogP contribution in [0, 0.1) is 11.3 Å². The van der Waals surface area contributed by atoms with E-state index in [-0.39, 0.29) is 11.3 Å². The molecule has 0 saturated heterocycles. The van der Waals surface area contributed by atoms with Crippen molar-refractivity contribution in [2.24, 2.45) is 0 Å². The number of rotatable bonds is 2. The lowest BCUT2D eigenvalue weighted by Crippen LogP contribution is -2.19. The zero-order valence-corrected chi connectivity index (χ0v) is 9.00. The Morgan fingerprint density at radius 1 is 1.29 bits per heavy atom. The maximum absolute atomic E-state index is 11.6. The molecular weight excluding hydrogens is 216 g/mol. The molecule has 1 N–H and O–H groups in total. The third kappa shape index (κ3) is 2.52. The average molecular weight is 226 g/mol. The van der Waals surface area contributed by atoms with Crippen molar-refractivity contribution in [1.82, 2.24) is 4.57 Å². The molecule has 4 nitrogen and oxygen atoms in total. The van der Waals surface area contributed by atoms with E-state index in [2.05, 4.69) is 0 Å². The second-order valence-electron chi connectivity index (χ2n) is 3.67. The third-order valence-electron chi connectivity index (χ3n) is 2.38. The van der Waals surface area contributed by atoms with E-state index < -0.39 is 0 Å². The van der Waals surface area contributed by atoms with Crippen molar-refractivity contribution in [3.05, 3.63) is 64.1 Å². The molecule has 2 aromatic rings. The Kier molecular flexibility index (Phi) is 2.93. The highest BCUT2D eigenvalue weighted by molar-refractivity contribution is 5.29. The lowest BCUT2D eigenvalue weighted by atomic mass is 10.2. The van der Waals surface area contributed by atoms with Gasteiger partial charge in [0.2, 0.25) is 0 Å². The number of hydrogen-bond donors (Lipinski definition) is 1. The fourth-order valence-electron chi connectivity index (χ4n) is 1.57. The van der Waals surface area contributed by atoms with Crippen LogP contribution in [0.2, 0.25) is 0 Å². The Bertz CT molecular complexity index is 638. The molecule has 0 atom stereocenters. The van der Waals surface area contributed by atoms with E-state index in [1.54, 1.807) is 18.2 Å². The Morgan fingerprint density at radius 3 is 2.82 bits per heavy atom. The quantitative estimate of drug-likeness (QED) is 0.843. The molecule has 0 saturated carbocycles. The summed E-state index contributed by atoms with van der Waals surface area (Å²) in [5.74, 6) is 0.159. The number of nitrogens with zero attached hydrogens (tertiary/aromatic N) is 2. The summed E-state index contributed by atoms with van der Waals surface area (Å²) in [6, 6.07) is 11.5. The van der Waals surface area contributed by atoms with Crippen LogP contribution in [-0.4, -0.2) is 9.67 Å². The Morgan fingerprint density at radius 2 is 2.12 bits per heavy atom. The average Bonchev–Trinajstić information content (AvgIpc) is 2.32. The first kappa shape index (κ1) is 11.0. The van der Waals surface area contributed by atoms with E-state index in [0.717, 1.165) is 5.56 Å². The standard InChI is InChI=1S/C13H10N2O2/c14-7-11-4-5-13(17)15(9-11)8-10-2-1-3-12(16)6-10/h1-6,9,16H,8H2. The van der Waals surface area contributed by atoms with E-state index in [1.165, 1.54) is 22.9 Å².